The molecule has 1 unspecified atom stereocenters. The summed E-state index contributed by atoms with van der Waals surface area (Å²) < 4.78 is 0. The predicted molar refractivity (Wildman–Crippen MR) is 85.5 cm³/mol. The molecule has 1 aliphatic rings. The molecule has 1 heterocycles. The van der Waals surface area contributed by atoms with Gasteiger partial charge in [0.05, 0.1) is 5.60 Å². The normalized spacial score (nSPS) is 19.9. The molecular formula is C17H28N2O. The van der Waals surface area contributed by atoms with Gasteiger partial charge in [-0.05, 0) is 44.4 Å². The third-order valence-electron chi connectivity index (χ3n) is 4.61. The molecule has 1 saturated heterocycles. The molecule has 0 bridgehead atoms. The number of anilines is 1. The van der Waals surface area contributed by atoms with E-state index in [2.05, 4.69) is 41.8 Å². The number of benzene rings is 1. The lowest BCUT2D eigenvalue weighted by Gasteiger charge is -2.39. The molecule has 0 radical (unpaired) electrons. The summed E-state index contributed by atoms with van der Waals surface area (Å²) >= 11 is 0. The summed E-state index contributed by atoms with van der Waals surface area (Å²) in [6.07, 6.45) is 0.810. The zero-order chi connectivity index (χ0) is 14.8. The lowest BCUT2D eigenvalue weighted by molar-refractivity contribution is 0.0149. The number of nitrogens with zero attached hydrogens (tertiary/aromatic N) is 2. The minimum atomic E-state index is -0.554. The number of rotatable bonds is 4. The molecule has 1 aromatic carbocycles. The van der Waals surface area contributed by atoms with Gasteiger partial charge in [-0.1, -0.05) is 19.1 Å². The second kappa shape index (κ2) is 6.15. The van der Waals surface area contributed by atoms with Crippen LogP contribution in [0.1, 0.15) is 31.4 Å². The van der Waals surface area contributed by atoms with Crippen LogP contribution in [0.4, 0.5) is 5.69 Å². The molecule has 0 aromatic heterocycles. The summed E-state index contributed by atoms with van der Waals surface area (Å²) in [6, 6.07) is 6.54. The van der Waals surface area contributed by atoms with Crippen LogP contribution in [-0.4, -0.2) is 48.3 Å². The van der Waals surface area contributed by atoms with E-state index >= 15 is 0 Å². The summed E-state index contributed by atoms with van der Waals surface area (Å²) in [5, 5.41) is 10.2. The van der Waals surface area contributed by atoms with Gasteiger partial charge in [-0.2, -0.15) is 0 Å². The molecule has 1 fully saturated rings. The molecule has 1 aromatic rings. The number of aryl methyl sites for hydroxylation is 1. The van der Waals surface area contributed by atoms with Crippen LogP contribution in [0.2, 0.25) is 0 Å². The fourth-order valence-electron chi connectivity index (χ4n) is 2.82. The quantitative estimate of drug-likeness (QED) is 0.915. The van der Waals surface area contributed by atoms with Crippen LogP contribution in [0.25, 0.3) is 0 Å². The minimum absolute atomic E-state index is 0.554. The first-order valence-corrected chi connectivity index (χ1v) is 7.69. The van der Waals surface area contributed by atoms with Crippen molar-refractivity contribution >= 4 is 5.69 Å². The Balaban J connectivity index is 1.96. The van der Waals surface area contributed by atoms with Crippen molar-refractivity contribution < 1.29 is 5.11 Å². The van der Waals surface area contributed by atoms with Gasteiger partial charge in [0.15, 0.2) is 0 Å². The Hall–Kier alpha value is -1.06. The Morgan fingerprint density at radius 2 is 1.80 bits per heavy atom. The van der Waals surface area contributed by atoms with E-state index in [1.807, 2.05) is 13.8 Å². The maximum absolute atomic E-state index is 10.2. The molecule has 20 heavy (non-hydrogen) atoms. The summed E-state index contributed by atoms with van der Waals surface area (Å²) in [5.74, 6) is 0. The number of hydrogen-bond donors (Lipinski definition) is 1. The van der Waals surface area contributed by atoms with Crippen molar-refractivity contribution in [3.8, 4) is 0 Å². The van der Waals surface area contributed by atoms with E-state index in [1.165, 1.54) is 16.8 Å². The third kappa shape index (κ3) is 3.53. The Morgan fingerprint density at radius 3 is 2.40 bits per heavy atom. The number of β-amino-alcohol motifs (C(OH)–C–C–N with tert-alkyl or cyclic N) is 1. The van der Waals surface area contributed by atoms with Crippen LogP contribution >= 0.6 is 0 Å². The van der Waals surface area contributed by atoms with Crippen molar-refractivity contribution in [2.45, 2.75) is 39.7 Å². The Kier molecular flexibility index (Phi) is 4.71. The van der Waals surface area contributed by atoms with Gasteiger partial charge in [0.2, 0.25) is 0 Å². The van der Waals surface area contributed by atoms with Crippen molar-refractivity contribution in [2.24, 2.45) is 0 Å². The molecule has 2 rings (SSSR count). The van der Waals surface area contributed by atoms with Crippen molar-refractivity contribution in [1.82, 2.24) is 4.90 Å². The first-order chi connectivity index (χ1) is 9.43. The Bertz CT molecular complexity index is 448. The largest absolute Gasteiger partial charge is 0.389 e. The average Bonchev–Trinajstić information content (AvgIpc) is 2.43. The highest BCUT2D eigenvalue weighted by Gasteiger charge is 2.25. The topological polar surface area (TPSA) is 26.7 Å². The van der Waals surface area contributed by atoms with Crippen LogP contribution in [0.3, 0.4) is 0 Å². The maximum atomic E-state index is 10.2. The SMILES string of the molecule is CCC(C)(O)CN1CCN(c2cccc(C)c2C)CC1. The lowest BCUT2D eigenvalue weighted by Crippen LogP contribution is -2.51. The van der Waals surface area contributed by atoms with Crippen LogP contribution in [0, 0.1) is 13.8 Å². The Morgan fingerprint density at radius 1 is 1.15 bits per heavy atom. The molecule has 0 spiro atoms. The predicted octanol–water partition coefficient (Wildman–Crippen LogP) is 2.59. The van der Waals surface area contributed by atoms with Crippen molar-refractivity contribution in [2.75, 3.05) is 37.6 Å². The van der Waals surface area contributed by atoms with E-state index in [9.17, 15) is 5.11 Å². The average molecular weight is 276 g/mol. The van der Waals surface area contributed by atoms with Gasteiger partial charge in [-0.25, -0.2) is 0 Å². The van der Waals surface area contributed by atoms with Gasteiger partial charge in [0.1, 0.15) is 0 Å². The zero-order valence-electron chi connectivity index (χ0n) is 13.3. The smallest absolute Gasteiger partial charge is 0.0743 e. The molecule has 0 aliphatic carbocycles. The summed E-state index contributed by atoms with van der Waals surface area (Å²) in [4.78, 5) is 4.85. The summed E-state index contributed by atoms with van der Waals surface area (Å²) in [6.45, 7) is 13.3. The highest BCUT2D eigenvalue weighted by Crippen LogP contribution is 2.24. The molecule has 0 amide bonds. The number of piperazine rings is 1. The highest BCUT2D eigenvalue weighted by atomic mass is 16.3. The fraction of sp³-hybridized carbons (Fsp3) is 0.647. The van der Waals surface area contributed by atoms with Gasteiger partial charge in [0, 0.05) is 38.4 Å². The van der Waals surface area contributed by atoms with Gasteiger partial charge in [-0.15, -0.1) is 0 Å². The molecule has 3 nitrogen and oxygen atoms in total. The van der Waals surface area contributed by atoms with E-state index < -0.39 is 5.60 Å². The van der Waals surface area contributed by atoms with Crippen molar-refractivity contribution in [3.63, 3.8) is 0 Å². The highest BCUT2D eigenvalue weighted by molar-refractivity contribution is 5.56. The van der Waals surface area contributed by atoms with Crippen molar-refractivity contribution in [1.29, 1.82) is 0 Å². The number of aliphatic hydroxyl groups is 1. The first kappa shape index (κ1) is 15.3. The van der Waals surface area contributed by atoms with Gasteiger partial charge >= 0.3 is 0 Å². The van der Waals surface area contributed by atoms with Crippen molar-refractivity contribution in [3.05, 3.63) is 29.3 Å². The first-order valence-electron chi connectivity index (χ1n) is 7.69. The fourth-order valence-corrected chi connectivity index (χ4v) is 2.82. The van der Waals surface area contributed by atoms with Crippen LogP contribution in [0.15, 0.2) is 18.2 Å². The van der Waals surface area contributed by atoms with E-state index in [0.29, 0.717) is 0 Å². The van der Waals surface area contributed by atoms with Gasteiger partial charge in [-0.3, -0.25) is 4.90 Å². The van der Waals surface area contributed by atoms with Crippen LogP contribution in [0.5, 0.6) is 0 Å². The second-order valence-corrected chi connectivity index (χ2v) is 6.33. The minimum Gasteiger partial charge on any atom is -0.389 e. The monoisotopic (exact) mass is 276 g/mol. The zero-order valence-corrected chi connectivity index (χ0v) is 13.3. The summed E-state index contributed by atoms with van der Waals surface area (Å²) in [5.41, 5.74) is 3.56. The molecule has 1 aliphatic heterocycles. The molecule has 1 atom stereocenters. The van der Waals surface area contributed by atoms with E-state index in [0.717, 1.165) is 39.1 Å². The van der Waals surface area contributed by atoms with Gasteiger partial charge in [0.25, 0.3) is 0 Å². The standard InChI is InChI=1S/C17H28N2O/c1-5-17(4,20)13-18-9-11-19(12-10-18)16-8-6-7-14(2)15(16)3/h6-8,20H,5,9-13H2,1-4H3. The summed E-state index contributed by atoms with van der Waals surface area (Å²) in [7, 11) is 0. The molecule has 0 saturated carbocycles. The Labute approximate surface area is 123 Å². The van der Waals surface area contributed by atoms with E-state index in [-0.39, 0.29) is 0 Å². The van der Waals surface area contributed by atoms with Crippen LogP contribution in [-0.2, 0) is 0 Å². The van der Waals surface area contributed by atoms with Gasteiger partial charge < -0.3 is 10.0 Å². The van der Waals surface area contributed by atoms with Crippen LogP contribution < -0.4 is 4.90 Å². The molecule has 1 N–H and O–H groups in total. The molecule has 3 heteroatoms. The molecular weight excluding hydrogens is 248 g/mol. The van der Waals surface area contributed by atoms with E-state index in [4.69, 9.17) is 0 Å². The lowest BCUT2D eigenvalue weighted by atomic mass is 10.0. The maximum Gasteiger partial charge on any atom is 0.0743 e. The number of hydrogen-bond acceptors (Lipinski definition) is 3. The van der Waals surface area contributed by atoms with E-state index in [1.54, 1.807) is 0 Å². The second-order valence-electron chi connectivity index (χ2n) is 6.33. The third-order valence-corrected chi connectivity index (χ3v) is 4.61. The molecule has 112 valence electrons.